The second kappa shape index (κ2) is 8.42. The average molecular weight is 383 g/mol. The Morgan fingerprint density at radius 3 is 2.63 bits per heavy atom. The number of ether oxygens (including phenoxy) is 1. The third kappa shape index (κ3) is 3.88. The Morgan fingerprint density at radius 1 is 1.15 bits per heavy atom. The molecule has 2 aromatic heterocycles. The van der Waals surface area contributed by atoms with Crippen LogP contribution in [0.2, 0.25) is 0 Å². The summed E-state index contributed by atoms with van der Waals surface area (Å²) in [5.74, 6) is 0.588. The zero-order chi connectivity index (χ0) is 19.6. The first kappa shape index (κ1) is 19.9. The Balaban J connectivity index is 1.90. The molecule has 1 saturated heterocycles. The topological polar surface area (TPSA) is 166 Å². The van der Waals surface area contributed by atoms with Gasteiger partial charge in [-0.2, -0.15) is 0 Å². The van der Waals surface area contributed by atoms with Crippen molar-refractivity contribution in [3.05, 3.63) is 12.7 Å². The van der Waals surface area contributed by atoms with Crippen LogP contribution < -0.4 is 5.32 Å². The zero-order valence-corrected chi connectivity index (χ0v) is 14.9. The van der Waals surface area contributed by atoms with E-state index in [9.17, 15) is 20.4 Å². The van der Waals surface area contributed by atoms with Gasteiger partial charge in [-0.25, -0.2) is 15.0 Å². The van der Waals surface area contributed by atoms with Crippen LogP contribution in [0.5, 0.6) is 0 Å². The van der Waals surface area contributed by atoms with Gasteiger partial charge in [0, 0.05) is 13.2 Å². The number of anilines is 1. The number of imidazole rings is 1. The molecule has 11 nitrogen and oxygen atoms in total. The fourth-order valence-corrected chi connectivity index (χ4v) is 3.04. The predicted molar refractivity (Wildman–Crippen MR) is 93.7 cm³/mol. The quantitative estimate of drug-likeness (QED) is 0.322. The van der Waals surface area contributed by atoms with E-state index in [0.29, 0.717) is 23.5 Å². The van der Waals surface area contributed by atoms with Gasteiger partial charge in [0.2, 0.25) is 0 Å². The first-order valence-electron chi connectivity index (χ1n) is 8.80. The standard InChI is InChI=1S/C16H25N5O6/c1-8(4-22)2-3-17-14-10-15(19-6-18-14)20-7-21(10)16-13(26)12(25)11(24)9(5-23)27-16/h6-9,11-13,16,22-26H,2-5H2,1H3,(H,17,18,19). The van der Waals surface area contributed by atoms with Gasteiger partial charge in [0.25, 0.3) is 0 Å². The summed E-state index contributed by atoms with van der Waals surface area (Å²) in [6, 6.07) is 0. The monoisotopic (exact) mass is 383 g/mol. The highest BCUT2D eigenvalue weighted by Crippen LogP contribution is 2.32. The molecule has 0 radical (unpaired) electrons. The van der Waals surface area contributed by atoms with Crippen LogP contribution in [0.4, 0.5) is 5.82 Å². The van der Waals surface area contributed by atoms with Gasteiger partial charge >= 0.3 is 0 Å². The number of aromatic nitrogens is 4. The molecular formula is C16H25N5O6. The third-order valence-electron chi connectivity index (χ3n) is 4.75. The van der Waals surface area contributed by atoms with Crippen molar-refractivity contribution in [2.75, 3.05) is 25.1 Å². The Morgan fingerprint density at radius 2 is 1.93 bits per heavy atom. The number of hydrogen-bond acceptors (Lipinski definition) is 10. The largest absolute Gasteiger partial charge is 0.396 e. The molecule has 0 aliphatic carbocycles. The molecule has 27 heavy (non-hydrogen) atoms. The molecule has 6 unspecified atom stereocenters. The second-order valence-electron chi connectivity index (χ2n) is 6.77. The number of rotatable bonds is 7. The van der Waals surface area contributed by atoms with Crippen LogP contribution in [0.3, 0.4) is 0 Å². The summed E-state index contributed by atoms with van der Waals surface area (Å²) in [6.45, 7) is 2.04. The Hall–Kier alpha value is -1.89. The van der Waals surface area contributed by atoms with E-state index in [1.54, 1.807) is 0 Å². The van der Waals surface area contributed by atoms with Crippen LogP contribution in [0.25, 0.3) is 11.2 Å². The number of aliphatic hydroxyl groups excluding tert-OH is 5. The van der Waals surface area contributed by atoms with E-state index in [2.05, 4.69) is 20.3 Å². The maximum atomic E-state index is 10.4. The molecular weight excluding hydrogens is 358 g/mol. The minimum Gasteiger partial charge on any atom is -0.396 e. The maximum absolute atomic E-state index is 10.4. The van der Waals surface area contributed by atoms with Crippen LogP contribution in [-0.4, -0.2) is 89.2 Å². The fourth-order valence-electron chi connectivity index (χ4n) is 3.04. The summed E-state index contributed by atoms with van der Waals surface area (Å²) in [4.78, 5) is 12.5. The van der Waals surface area contributed by atoms with Gasteiger partial charge in [-0.15, -0.1) is 0 Å². The van der Waals surface area contributed by atoms with Crippen molar-refractivity contribution in [3.8, 4) is 0 Å². The maximum Gasteiger partial charge on any atom is 0.183 e. The highest BCUT2D eigenvalue weighted by Gasteiger charge is 2.44. The van der Waals surface area contributed by atoms with Crippen LogP contribution in [0, 0.1) is 5.92 Å². The Labute approximate surface area is 155 Å². The van der Waals surface area contributed by atoms with Gasteiger partial charge in [-0.3, -0.25) is 4.57 Å². The van der Waals surface area contributed by atoms with E-state index in [4.69, 9.17) is 9.84 Å². The lowest BCUT2D eigenvalue weighted by Gasteiger charge is -2.40. The minimum atomic E-state index is -1.50. The first-order valence-corrected chi connectivity index (χ1v) is 8.80. The van der Waals surface area contributed by atoms with E-state index in [1.165, 1.54) is 17.2 Å². The lowest BCUT2D eigenvalue weighted by atomic mass is 9.98. The first-order chi connectivity index (χ1) is 13.0. The molecule has 1 aliphatic rings. The van der Waals surface area contributed by atoms with Gasteiger partial charge in [0.15, 0.2) is 17.7 Å². The van der Waals surface area contributed by atoms with Crippen molar-refractivity contribution in [2.45, 2.75) is 44.0 Å². The van der Waals surface area contributed by atoms with E-state index in [0.717, 1.165) is 6.42 Å². The fraction of sp³-hybridized carbons (Fsp3) is 0.688. The molecule has 1 fully saturated rings. The Kier molecular flexibility index (Phi) is 6.19. The predicted octanol–water partition coefficient (Wildman–Crippen LogP) is -1.77. The number of aliphatic hydroxyl groups is 5. The molecule has 6 N–H and O–H groups in total. The van der Waals surface area contributed by atoms with Gasteiger partial charge in [-0.1, -0.05) is 6.92 Å². The summed E-state index contributed by atoms with van der Waals surface area (Å²) in [5, 5.41) is 52.0. The SMILES string of the molecule is CC(CO)CCNc1ncnc2ncn(C3OC(CO)C(O)C(O)C3O)c12. The molecule has 6 atom stereocenters. The van der Waals surface area contributed by atoms with Crippen molar-refractivity contribution in [1.82, 2.24) is 19.5 Å². The number of hydrogen-bond donors (Lipinski definition) is 6. The van der Waals surface area contributed by atoms with Crippen LogP contribution in [0.15, 0.2) is 12.7 Å². The van der Waals surface area contributed by atoms with Crippen molar-refractivity contribution in [2.24, 2.45) is 5.92 Å². The van der Waals surface area contributed by atoms with Crippen molar-refractivity contribution < 1.29 is 30.3 Å². The van der Waals surface area contributed by atoms with E-state index in [-0.39, 0.29) is 12.5 Å². The number of nitrogens with one attached hydrogen (secondary N) is 1. The van der Waals surface area contributed by atoms with E-state index >= 15 is 0 Å². The summed E-state index contributed by atoms with van der Waals surface area (Å²) in [5.41, 5.74) is 0.818. The van der Waals surface area contributed by atoms with Crippen LogP contribution in [0.1, 0.15) is 19.6 Å². The molecule has 0 aromatic carbocycles. The molecule has 150 valence electrons. The van der Waals surface area contributed by atoms with Gasteiger partial charge in [-0.05, 0) is 12.3 Å². The molecule has 1 aliphatic heterocycles. The molecule has 3 heterocycles. The highest BCUT2D eigenvalue weighted by molar-refractivity contribution is 5.83. The third-order valence-corrected chi connectivity index (χ3v) is 4.75. The molecule has 3 rings (SSSR count). The molecule has 0 saturated carbocycles. The zero-order valence-electron chi connectivity index (χ0n) is 14.9. The van der Waals surface area contributed by atoms with Crippen molar-refractivity contribution in [3.63, 3.8) is 0 Å². The highest BCUT2D eigenvalue weighted by atomic mass is 16.6. The molecule has 2 aromatic rings. The normalized spacial score (nSPS) is 29.8. The van der Waals surface area contributed by atoms with Crippen LogP contribution in [-0.2, 0) is 4.74 Å². The molecule has 0 bridgehead atoms. The van der Waals surface area contributed by atoms with Gasteiger partial charge < -0.3 is 35.6 Å². The second-order valence-corrected chi connectivity index (χ2v) is 6.77. The lowest BCUT2D eigenvalue weighted by molar-refractivity contribution is -0.250. The van der Waals surface area contributed by atoms with Gasteiger partial charge in [0.1, 0.15) is 42.6 Å². The molecule has 0 amide bonds. The van der Waals surface area contributed by atoms with Crippen molar-refractivity contribution in [1.29, 1.82) is 0 Å². The summed E-state index contributed by atoms with van der Waals surface area (Å²) >= 11 is 0. The summed E-state index contributed by atoms with van der Waals surface area (Å²) in [7, 11) is 0. The number of nitrogens with zero attached hydrogens (tertiary/aromatic N) is 4. The van der Waals surface area contributed by atoms with Crippen molar-refractivity contribution >= 4 is 17.0 Å². The number of fused-ring (bicyclic) bond motifs is 1. The minimum absolute atomic E-state index is 0.0870. The van der Waals surface area contributed by atoms with Crippen LogP contribution >= 0.6 is 0 Å². The molecule has 11 heteroatoms. The van der Waals surface area contributed by atoms with Gasteiger partial charge in [0.05, 0.1) is 6.61 Å². The molecule has 0 spiro atoms. The summed E-state index contributed by atoms with van der Waals surface area (Å²) in [6.07, 6.45) is -3.03. The smallest absolute Gasteiger partial charge is 0.183 e. The van der Waals surface area contributed by atoms with E-state index < -0.39 is 37.3 Å². The summed E-state index contributed by atoms with van der Waals surface area (Å²) < 4.78 is 7.06. The average Bonchev–Trinajstić information content (AvgIpc) is 3.11. The Bertz CT molecular complexity index is 756. The van der Waals surface area contributed by atoms with E-state index in [1.807, 2.05) is 6.92 Å². The lowest BCUT2D eigenvalue weighted by Crippen LogP contribution is -2.56.